The molecule has 0 aliphatic carbocycles. The standard InChI is InChI=1S/C17H27FN2O4/c1-2-3-4-5-6-7-8-9-10-11-12-24-17(23)20-13-14(18)15(21)19-16(20)22/h13H,2-12H2,1H3,(H,19,21,22). The van der Waals surface area contributed by atoms with E-state index in [0.29, 0.717) is 17.2 Å². The number of H-pyrrole nitrogens is 1. The fraction of sp³-hybridized carbons (Fsp3) is 0.706. The molecule has 0 saturated carbocycles. The molecule has 6 nitrogen and oxygen atoms in total. The Bertz CT molecular complexity index is 609. The molecule has 0 unspecified atom stereocenters. The lowest BCUT2D eigenvalue weighted by molar-refractivity contribution is 0.143. The minimum atomic E-state index is -1.20. The van der Waals surface area contributed by atoms with Gasteiger partial charge in [0, 0.05) is 0 Å². The van der Waals surface area contributed by atoms with Crippen molar-refractivity contribution in [2.24, 2.45) is 0 Å². The molecule has 0 amide bonds. The van der Waals surface area contributed by atoms with Crippen LogP contribution in [0.5, 0.6) is 0 Å². The molecule has 1 rings (SSSR count). The number of hydrogen-bond donors (Lipinski definition) is 1. The fourth-order valence-electron chi connectivity index (χ4n) is 2.40. The van der Waals surface area contributed by atoms with Gasteiger partial charge in [0.15, 0.2) is 0 Å². The highest BCUT2D eigenvalue weighted by molar-refractivity contribution is 5.69. The minimum absolute atomic E-state index is 0.169. The topological polar surface area (TPSA) is 81.2 Å². The van der Waals surface area contributed by atoms with E-state index in [9.17, 15) is 18.8 Å². The number of hydrogen-bond acceptors (Lipinski definition) is 4. The Balaban J connectivity index is 2.11. The monoisotopic (exact) mass is 342 g/mol. The highest BCUT2D eigenvalue weighted by atomic mass is 19.1. The van der Waals surface area contributed by atoms with E-state index in [1.807, 2.05) is 0 Å². The van der Waals surface area contributed by atoms with Gasteiger partial charge in [-0.2, -0.15) is 4.39 Å². The van der Waals surface area contributed by atoms with E-state index in [-0.39, 0.29) is 6.61 Å². The van der Waals surface area contributed by atoms with E-state index in [2.05, 4.69) is 6.92 Å². The number of aromatic amines is 1. The summed E-state index contributed by atoms with van der Waals surface area (Å²) in [5.74, 6) is -1.20. The Kier molecular flexibility index (Phi) is 9.72. The molecule has 0 aliphatic rings. The number of unbranched alkanes of at least 4 members (excludes halogenated alkanes) is 9. The summed E-state index contributed by atoms with van der Waals surface area (Å²) in [4.78, 5) is 35.6. The summed E-state index contributed by atoms with van der Waals surface area (Å²) in [6.45, 7) is 2.37. The number of carbonyl (C=O) groups is 1. The summed E-state index contributed by atoms with van der Waals surface area (Å²) < 4.78 is 18.4. The van der Waals surface area contributed by atoms with Crippen molar-refractivity contribution < 1.29 is 13.9 Å². The molecule has 0 fully saturated rings. The molecule has 7 heteroatoms. The molecule has 1 N–H and O–H groups in total. The molecule has 0 bridgehead atoms. The normalized spacial score (nSPS) is 10.8. The number of aromatic nitrogens is 2. The van der Waals surface area contributed by atoms with Crippen LogP contribution in [-0.4, -0.2) is 22.3 Å². The van der Waals surface area contributed by atoms with Crippen molar-refractivity contribution >= 4 is 6.09 Å². The molecule has 24 heavy (non-hydrogen) atoms. The average molecular weight is 342 g/mol. The van der Waals surface area contributed by atoms with Gasteiger partial charge in [0.25, 0.3) is 5.56 Å². The van der Waals surface area contributed by atoms with Gasteiger partial charge >= 0.3 is 11.8 Å². The van der Waals surface area contributed by atoms with Gasteiger partial charge in [-0.3, -0.25) is 9.78 Å². The summed E-state index contributed by atoms with van der Waals surface area (Å²) in [6.07, 6.45) is 11.2. The van der Waals surface area contributed by atoms with Gasteiger partial charge in [-0.05, 0) is 6.42 Å². The highest BCUT2D eigenvalue weighted by Gasteiger charge is 2.11. The second-order valence-electron chi connectivity index (χ2n) is 5.90. The number of halogens is 1. The smallest absolute Gasteiger partial charge is 0.422 e. The first-order valence-electron chi connectivity index (χ1n) is 8.75. The van der Waals surface area contributed by atoms with Crippen LogP contribution < -0.4 is 11.2 Å². The Hall–Kier alpha value is -1.92. The Morgan fingerprint density at radius 1 is 1.04 bits per heavy atom. The highest BCUT2D eigenvalue weighted by Crippen LogP contribution is 2.10. The molecule has 136 valence electrons. The summed E-state index contributed by atoms with van der Waals surface area (Å²) in [7, 11) is 0. The van der Waals surface area contributed by atoms with E-state index < -0.39 is 23.2 Å². The number of rotatable bonds is 11. The van der Waals surface area contributed by atoms with Gasteiger partial charge in [0.1, 0.15) is 0 Å². The second-order valence-corrected chi connectivity index (χ2v) is 5.90. The van der Waals surface area contributed by atoms with Crippen LogP contribution in [-0.2, 0) is 4.74 Å². The first kappa shape index (κ1) is 20.1. The fourth-order valence-corrected chi connectivity index (χ4v) is 2.40. The number of nitrogens with zero attached hydrogens (tertiary/aromatic N) is 1. The molecule has 1 heterocycles. The van der Waals surface area contributed by atoms with E-state index in [1.54, 1.807) is 4.98 Å². The molecule has 0 radical (unpaired) electrons. The molecule has 0 aromatic carbocycles. The van der Waals surface area contributed by atoms with Crippen molar-refractivity contribution in [3.63, 3.8) is 0 Å². The maximum Gasteiger partial charge on any atom is 0.422 e. The molecule has 1 aromatic heterocycles. The lowest BCUT2D eigenvalue weighted by Gasteiger charge is -2.06. The van der Waals surface area contributed by atoms with E-state index >= 15 is 0 Å². The third kappa shape index (κ3) is 7.57. The SMILES string of the molecule is CCCCCCCCCCCCOC(=O)n1cc(F)c(=O)[nH]c1=O. The van der Waals surface area contributed by atoms with E-state index in [0.717, 1.165) is 12.8 Å². The zero-order valence-corrected chi connectivity index (χ0v) is 14.3. The van der Waals surface area contributed by atoms with Crippen LogP contribution in [0.2, 0.25) is 0 Å². The lowest BCUT2D eigenvalue weighted by Crippen LogP contribution is -2.35. The van der Waals surface area contributed by atoms with Crippen LogP contribution in [0.1, 0.15) is 71.1 Å². The van der Waals surface area contributed by atoms with Crippen molar-refractivity contribution in [2.45, 2.75) is 71.1 Å². The molecule has 0 atom stereocenters. The largest absolute Gasteiger partial charge is 0.449 e. The van der Waals surface area contributed by atoms with Crippen molar-refractivity contribution in [2.75, 3.05) is 6.61 Å². The van der Waals surface area contributed by atoms with Crippen molar-refractivity contribution in [1.29, 1.82) is 0 Å². The Labute approximate surface area is 141 Å². The quantitative estimate of drug-likeness (QED) is 0.623. The first-order chi connectivity index (χ1) is 11.6. The second kappa shape index (κ2) is 11.6. The van der Waals surface area contributed by atoms with Gasteiger partial charge in [0.2, 0.25) is 5.82 Å². The first-order valence-corrected chi connectivity index (χ1v) is 8.75. The maximum atomic E-state index is 13.1. The van der Waals surface area contributed by atoms with Crippen molar-refractivity contribution in [1.82, 2.24) is 9.55 Å². The van der Waals surface area contributed by atoms with Gasteiger partial charge < -0.3 is 4.74 Å². The zero-order chi connectivity index (χ0) is 17.8. The summed E-state index contributed by atoms with van der Waals surface area (Å²) in [5.41, 5.74) is -2.16. The van der Waals surface area contributed by atoms with Gasteiger partial charge in [-0.25, -0.2) is 14.2 Å². The number of carbonyl (C=O) groups excluding carboxylic acids is 1. The van der Waals surface area contributed by atoms with Crippen LogP contribution in [0.4, 0.5) is 9.18 Å². The number of nitrogens with one attached hydrogen (secondary N) is 1. The van der Waals surface area contributed by atoms with Crippen molar-refractivity contribution in [3.05, 3.63) is 32.9 Å². The summed E-state index contributed by atoms with van der Waals surface area (Å²) >= 11 is 0. The van der Waals surface area contributed by atoms with Gasteiger partial charge in [-0.1, -0.05) is 64.7 Å². The minimum Gasteiger partial charge on any atom is -0.449 e. The molecule has 0 saturated heterocycles. The summed E-state index contributed by atoms with van der Waals surface area (Å²) in [6, 6.07) is 0. The Morgan fingerprint density at radius 2 is 1.58 bits per heavy atom. The van der Waals surface area contributed by atoms with Crippen LogP contribution in [0.3, 0.4) is 0 Å². The summed E-state index contributed by atoms with van der Waals surface area (Å²) in [5, 5.41) is 0. The van der Waals surface area contributed by atoms with Crippen molar-refractivity contribution in [3.8, 4) is 0 Å². The van der Waals surface area contributed by atoms with E-state index in [1.165, 1.54) is 44.9 Å². The maximum absolute atomic E-state index is 13.1. The Morgan fingerprint density at radius 3 is 2.17 bits per heavy atom. The molecule has 0 aliphatic heterocycles. The number of ether oxygens (including phenoxy) is 1. The molecular weight excluding hydrogens is 315 g/mol. The third-order valence-corrected chi connectivity index (χ3v) is 3.82. The predicted molar refractivity (Wildman–Crippen MR) is 89.9 cm³/mol. The zero-order valence-electron chi connectivity index (χ0n) is 14.3. The van der Waals surface area contributed by atoms with Gasteiger partial charge in [0.05, 0.1) is 12.8 Å². The van der Waals surface area contributed by atoms with Gasteiger partial charge in [-0.15, -0.1) is 0 Å². The van der Waals surface area contributed by atoms with Crippen LogP contribution in [0, 0.1) is 5.82 Å². The van der Waals surface area contributed by atoms with Crippen LogP contribution in [0.15, 0.2) is 15.8 Å². The predicted octanol–water partition coefficient (Wildman–Crippen LogP) is 3.58. The lowest BCUT2D eigenvalue weighted by atomic mass is 10.1. The molecule has 1 aromatic rings. The van der Waals surface area contributed by atoms with E-state index in [4.69, 9.17) is 4.74 Å². The molecular formula is C17H27FN2O4. The van der Waals surface area contributed by atoms with Crippen LogP contribution in [0.25, 0.3) is 0 Å². The third-order valence-electron chi connectivity index (χ3n) is 3.82. The molecule has 0 spiro atoms. The average Bonchev–Trinajstić information content (AvgIpc) is 2.55. The van der Waals surface area contributed by atoms with Crippen LogP contribution >= 0.6 is 0 Å².